The van der Waals surface area contributed by atoms with Crippen LogP contribution in [0, 0.1) is 5.92 Å². The Balaban J connectivity index is 2.37. The Morgan fingerprint density at radius 1 is 1.48 bits per heavy atom. The zero-order valence-corrected chi connectivity index (χ0v) is 15.1. The average molecular weight is 393 g/mol. The summed E-state index contributed by atoms with van der Waals surface area (Å²) in [5.74, 6) is -3.50. The molecule has 0 aliphatic rings. The predicted molar refractivity (Wildman–Crippen MR) is 92.3 cm³/mol. The molecule has 136 valence electrons. The van der Waals surface area contributed by atoms with Crippen LogP contribution in [0.2, 0.25) is 5.15 Å². The summed E-state index contributed by atoms with van der Waals surface area (Å²) in [7, 11) is 0. The molecule has 0 aromatic carbocycles. The third-order valence-corrected chi connectivity index (χ3v) is 4.40. The highest BCUT2D eigenvalue weighted by atomic mass is 35.5. The molecular weight excluding hydrogens is 377 g/mol. The lowest BCUT2D eigenvalue weighted by atomic mass is 10.1. The van der Waals surface area contributed by atoms with E-state index in [9.17, 15) is 18.0 Å². The molecule has 0 aliphatic carbocycles. The third-order valence-electron chi connectivity index (χ3n) is 3.46. The zero-order valence-electron chi connectivity index (χ0n) is 13.5. The molecule has 1 unspecified atom stereocenters. The standard InChI is InChI=1S/C15H16ClF3N4OS/c1-3-22(14(24)11(9-25-2)15(17,18)19)12-8-23(21-13(12)16)10-5-4-6-20-7-10/h4-8,11H,3,9H2,1-2H3. The van der Waals surface area contributed by atoms with Crippen molar-refractivity contribution in [2.75, 3.05) is 23.5 Å². The van der Waals surface area contributed by atoms with Crippen molar-refractivity contribution in [1.29, 1.82) is 0 Å². The van der Waals surface area contributed by atoms with Gasteiger partial charge in [0.1, 0.15) is 11.6 Å². The Morgan fingerprint density at radius 2 is 2.20 bits per heavy atom. The minimum atomic E-state index is -4.63. The Hall–Kier alpha value is -1.74. The zero-order chi connectivity index (χ0) is 18.6. The molecule has 1 atom stereocenters. The number of thioether (sulfide) groups is 1. The van der Waals surface area contributed by atoms with E-state index in [1.54, 1.807) is 25.3 Å². The summed E-state index contributed by atoms with van der Waals surface area (Å²) in [6.07, 6.45) is 1.42. The van der Waals surface area contributed by atoms with E-state index < -0.39 is 18.0 Å². The van der Waals surface area contributed by atoms with Crippen LogP contribution in [-0.2, 0) is 4.79 Å². The number of aromatic nitrogens is 3. The van der Waals surface area contributed by atoms with E-state index in [1.165, 1.54) is 23.3 Å². The highest BCUT2D eigenvalue weighted by molar-refractivity contribution is 7.98. The maximum Gasteiger partial charge on any atom is 0.401 e. The topological polar surface area (TPSA) is 51.0 Å². The van der Waals surface area contributed by atoms with Gasteiger partial charge in [0, 0.05) is 18.5 Å². The van der Waals surface area contributed by atoms with Crippen LogP contribution in [0.5, 0.6) is 0 Å². The number of anilines is 1. The SMILES string of the molecule is CCN(C(=O)C(CSC)C(F)(F)F)c1cn(-c2cccnc2)nc1Cl. The Bertz CT molecular complexity index is 723. The lowest BCUT2D eigenvalue weighted by Gasteiger charge is -2.26. The molecule has 0 radical (unpaired) electrons. The fourth-order valence-electron chi connectivity index (χ4n) is 2.25. The van der Waals surface area contributed by atoms with Gasteiger partial charge in [0.25, 0.3) is 0 Å². The molecule has 0 N–H and O–H groups in total. The summed E-state index contributed by atoms with van der Waals surface area (Å²) in [6, 6.07) is 3.40. The highest BCUT2D eigenvalue weighted by Crippen LogP contribution is 2.33. The maximum atomic E-state index is 13.2. The van der Waals surface area contributed by atoms with Crippen molar-refractivity contribution in [3.63, 3.8) is 0 Å². The first-order valence-corrected chi connectivity index (χ1v) is 9.09. The van der Waals surface area contributed by atoms with Crippen LogP contribution in [0.15, 0.2) is 30.7 Å². The van der Waals surface area contributed by atoms with Crippen LogP contribution in [0.4, 0.5) is 18.9 Å². The Morgan fingerprint density at radius 3 is 2.72 bits per heavy atom. The summed E-state index contributed by atoms with van der Waals surface area (Å²) in [5.41, 5.74) is 0.712. The molecule has 2 heterocycles. The number of nitrogens with zero attached hydrogens (tertiary/aromatic N) is 4. The lowest BCUT2D eigenvalue weighted by Crippen LogP contribution is -2.43. The van der Waals surface area contributed by atoms with Gasteiger partial charge in [-0.15, -0.1) is 0 Å². The Labute approximate surface area is 152 Å². The molecule has 0 fully saturated rings. The summed E-state index contributed by atoms with van der Waals surface area (Å²) in [5, 5.41) is 4.01. The lowest BCUT2D eigenvalue weighted by molar-refractivity contribution is -0.176. The first kappa shape index (κ1) is 19.6. The summed E-state index contributed by atoms with van der Waals surface area (Å²) >= 11 is 7.04. The number of carbonyl (C=O) groups is 1. The fraction of sp³-hybridized carbons (Fsp3) is 0.400. The minimum Gasteiger partial charge on any atom is -0.308 e. The van der Waals surface area contributed by atoms with Gasteiger partial charge in [0.05, 0.1) is 18.1 Å². The van der Waals surface area contributed by atoms with E-state index in [1.807, 2.05) is 0 Å². The predicted octanol–water partition coefficient (Wildman–Crippen LogP) is 3.82. The third kappa shape index (κ3) is 4.46. The Kier molecular flexibility index (Phi) is 6.34. The van der Waals surface area contributed by atoms with E-state index in [2.05, 4.69) is 10.1 Å². The molecule has 2 rings (SSSR count). The van der Waals surface area contributed by atoms with Crippen molar-refractivity contribution < 1.29 is 18.0 Å². The largest absolute Gasteiger partial charge is 0.401 e. The molecule has 5 nitrogen and oxygen atoms in total. The van der Waals surface area contributed by atoms with E-state index in [4.69, 9.17) is 11.6 Å². The minimum absolute atomic E-state index is 0.0399. The molecule has 2 aromatic heterocycles. The summed E-state index contributed by atoms with van der Waals surface area (Å²) in [4.78, 5) is 17.5. The van der Waals surface area contributed by atoms with Crippen LogP contribution in [-0.4, -0.2) is 45.4 Å². The average Bonchev–Trinajstić information content (AvgIpc) is 2.95. The quantitative estimate of drug-likeness (QED) is 0.750. The van der Waals surface area contributed by atoms with Gasteiger partial charge in [-0.05, 0) is 25.3 Å². The van der Waals surface area contributed by atoms with Crippen molar-refractivity contribution in [3.05, 3.63) is 35.9 Å². The molecule has 1 amide bonds. The first-order valence-electron chi connectivity index (χ1n) is 7.32. The van der Waals surface area contributed by atoms with Gasteiger partial charge < -0.3 is 4.90 Å². The number of rotatable bonds is 6. The number of alkyl halides is 3. The van der Waals surface area contributed by atoms with Gasteiger partial charge in [0.15, 0.2) is 5.15 Å². The molecule has 2 aromatic rings. The van der Waals surface area contributed by atoms with Gasteiger partial charge in [-0.3, -0.25) is 9.78 Å². The molecule has 0 saturated heterocycles. The van der Waals surface area contributed by atoms with E-state index in [0.29, 0.717) is 5.69 Å². The first-order chi connectivity index (χ1) is 11.8. The van der Waals surface area contributed by atoms with Crippen LogP contribution in [0.25, 0.3) is 5.69 Å². The molecule has 10 heteroatoms. The van der Waals surface area contributed by atoms with Crippen molar-refractivity contribution >= 4 is 35.0 Å². The summed E-state index contributed by atoms with van der Waals surface area (Å²) < 4.78 is 41.0. The molecular formula is C15H16ClF3N4OS. The molecule has 0 aliphatic heterocycles. The van der Waals surface area contributed by atoms with Crippen molar-refractivity contribution in [2.45, 2.75) is 13.1 Å². The van der Waals surface area contributed by atoms with Gasteiger partial charge in [-0.25, -0.2) is 4.68 Å². The highest BCUT2D eigenvalue weighted by Gasteiger charge is 2.46. The fourth-order valence-corrected chi connectivity index (χ4v) is 3.15. The van der Waals surface area contributed by atoms with Crippen molar-refractivity contribution in [3.8, 4) is 5.69 Å². The van der Waals surface area contributed by atoms with Crippen LogP contribution in [0.1, 0.15) is 6.92 Å². The van der Waals surface area contributed by atoms with Crippen molar-refractivity contribution in [1.82, 2.24) is 14.8 Å². The van der Waals surface area contributed by atoms with Gasteiger partial charge >= 0.3 is 6.18 Å². The van der Waals surface area contributed by atoms with E-state index in [-0.39, 0.29) is 23.1 Å². The molecule has 25 heavy (non-hydrogen) atoms. The second-order valence-corrected chi connectivity index (χ2v) is 6.36. The van der Waals surface area contributed by atoms with E-state index >= 15 is 0 Å². The molecule has 0 spiro atoms. The van der Waals surface area contributed by atoms with Crippen LogP contribution in [0.3, 0.4) is 0 Å². The number of pyridine rings is 1. The number of carbonyl (C=O) groups excluding carboxylic acids is 1. The van der Waals surface area contributed by atoms with Gasteiger partial charge in [-0.1, -0.05) is 11.6 Å². The van der Waals surface area contributed by atoms with E-state index in [0.717, 1.165) is 16.7 Å². The maximum absolute atomic E-state index is 13.2. The van der Waals surface area contributed by atoms with Crippen molar-refractivity contribution in [2.24, 2.45) is 5.92 Å². The second kappa shape index (κ2) is 8.09. The van der Waals surface area contributed by atoms with Gasteiger partial charge in [-0.2, -0.15) is 30.0 Å². The number of hydrogen-bond acceptors (Lipinski definition) is 4. The summed E-state index contributed by atoms with van der Waals surface area (Å²) in [6.45, 7) is 1.63. The molecule has 0 bridgehead atoms. The monoisotopic (exact) mass is 392 g/mol. The number of hydrogen-bond donors (Lipinski definition) is 0. The number of amides is 1. The second-order valence-electron chi connectivity index (χ2n) is 5.09. The van der Waals surface area contributed by atoms with Gasteiger partial charge in [0.2, 0.25) is 5.91 Å². The molecule has 0 saturated carbocycles. The van der Waals surface area contributed by atoms with Crippen LogP contribution < -0.4 is 4.90 Å². The number of halogens is 4. The smallest absolute Gasteiger partial charge is 0.308 e. The van der Waals surface area contributed by atoms with Crippen LogP contribution >= 0.6 is 23.4 Å². The normalized spacial score (nSPS) is 12.9.